The Morgan fingerprint density at radius 3 is 2.90 bits per heavy atom. The number of nitrogens with one attached hydrogen (secondary N) is 2. The van der Waals surface area contributed by atoms with Crippen molar-refractivity contribution in [1.29, 1.82) is 0 Å². The van der Waals surface area contributed by atoms with Gasteiger partial charge in [-0.2, -0.15) is 0 Å². The summed E-state index contributed by atoms with van der Waals surface area (Å²) >= 11 is 0. The summed E-state index contributed by atoms with van der Waals surface area (Å²) in [7, 11) is -2.07. The van der Waals surface area contributed by atoms with Gasteiger partial charge in [0, 0.05) is 39.7 Å². The van der Waals surface area contributed by atoms with E-state index in [2.05, 4.69) is 14.9 Å². The smallest absolute Gasteiger partial charge is 0.240 e. The molecule has 1 fully saturated rings. The lowest BCUT2D eigenvalue weighted by Gasteiger charge is -2.34. The highest BCUT2D eigenvalue weighted by molar-refractivity contribution is 7.89. The number of rotatable bonds is 10. The van der Waals surface area contributed by atoms with Crippen molar-refractivity contribution in [3.8, 4) is 0 Å². The first kappa shape index (κ1) is 24.1. The molecule has 4 N–H and O–H groups in total. The highest BCUT2D eigenvalue weighted by Gasteiger charge is 2.23. The van der Waals surface area contributed by atoms with Crippen LogP contribution in [0.2, 0.25) is 0 Å². The van der Waals surface area contributed by atoms with Crippen molar-refractivity contribution in [3.05, 3.63) is 29.8 Å². The van der Waals surface area contributed by atoms with Crippen molar-refractivity contribution in [2.75, 3.05) is 39.9 Å². The van der Waals surface area contributed by atoms with Crippen LogP contribution in [0.15, 0.2) is 34.2 Å². The number of benzene rings is 1. The van der Waals surface area contributed by atoms with Gasteiger partial charge in [0.25, 0.3) is 0 Å². The average molecular weight is 440 g/mol. The maximum absolute atomic E-state index is 12.4. The van der Waals surface area contributed by atoms with Gasteiger partial charge < -0.3 is 20.7 Å². The van der Waals surface area contributed by atoms with Crippen LogP contribution >= 0.6 is 0 Å². The number of aliphatic imine (C=N–C) groups is 1. The van der Waals surface area contributed by atoms with E-state index in [1.54, 1.807) is 18.2 Å². The van der Waals surface area contributed by atoms with E-state index in [0.717, 1.165) is 37.5 Å². The summed E-state index contributed by atoms with van der Waals surface area (Å²) in [4.78, 5) is 18.3. The fourth-order valence-corrected chi connectivity index (χ4v) is 4.56. The van der Waals surface area contributed by atoms with E-state index in [4.69, 9.17) is 15.5 Å². The number of sulfonamides is 1. The highest BCUT2D eigenvalue weighted by atomic mass is 32.2. The minimum absolute atomic E-state index is 0.204. The zero-order valence-corrected chi connectivity index (χ0v) is 18.6. The Kier molecular flexibility index (Phi) is 9.54. The Morgan fingerprint density at radius 1 is 1.40 bits per heavy atom. The van der Waals surface area contributed by atoms with E-state index in [9.17, 15) is 13.2 Å². The van der Waals surface area contributed by atoms with Gasteiger partial charge in [-0.3, -0.25) is 4.79 Å². The monoisotopic (exact) mass is 439 g/mol. The Hall–Kier alpha value is -2.17. The van der Waals surface area contributed by atoms with E-state index >= 15 is 0 Å². The molecule has 1 saturated heterocycles. The highest BCUT2D eigenvalue weighted by Crippen LogP contribution is 2.20. The molecule has 0 spiro atoms. The fraction of sp³-hybridized carbons (Fsp3) is 0.600. The van der Waals surface area contributed by atoms with Gasteiger partial charge in [-0.15, -0.1) is 0 Å². The number of ether oxygens (including phenoxy) is 1. The molecule has 1 aliphatic heterocycles. The summed E-state index contributed by atoms with van der Waals surface area (Å²) in [5.41, 5.74) is 6.16. The van der Waals surface area contributed by atoms with Crippen LogP contribution in [0.1, 0.15) is 31.7 Å². The number of primary amides is 1. The summed E-state index contributed by atoms with van der Waals surface area (Å²) in [6.07, 6.45) is 2.34. The van der Waals surface area contributed by atoms with E-state index in [0.29, 0.717) is 26.1 Å². The van der Waals surface area contributed by atoms with Crippen LogP contribution in [0.25, 0.3) is 0 Å². The first-order valence-corrected chi connectivity index (χ1v) is 11.7. The number of nitrogens with zero attached hydrogens (tertiary/aromatic N) is 2. The van der Waals surface area contributed by atoms with E-state index in [1.165, 1.54) is 7.11 Å². The molecule has 1 amide bonds. The predicted molar refractivity (Wildman–Crippen MR) is 116 cm³/mol. The molecule has 9 nitrogen and oxygen atoms in total. The number of carbonyl (C=O) groups excluding carboxylic acids is 1. The maximum atomic E-state index is 12.4. The van der Waals surface area contributed by atoms with Gasteiger partial charge in [-0.1, -0.05) is 12.1 Å². The molecule has 0 aliphatic carbocycles. The molecule has 0 aromatic heterocycles. The number of hydrogen-bond donors (Lipinski definition) is 3. The summed E-state index contributed by atoms with van der Waals surface area (Å²) < 4.78 is 32.2. The lowest BCUT2D eigenvalue weighted by atomic mass is 9.95. The van der Waals surface area contributed by atoms with Gasteiger partial charge in [0.2, 0.25) is 15.9 Å². The Bertz CT molecular complexity index is 828. The maximum Gasteiger partial charge on any atom is 0.240 e. The normalized spacial score (nSPS) is 17.7. The molecule has 30 heavy (non-hydrogen) atoms. The van der Waals surface area contributed by atoms with Crippen LogP contribution in [0.5, 0.6) is 0 Å². The van der Waals surface area contributed by atoms with Crippen LogP contribution in [0.4, 0.5) is 0 Å². The quantitative estimate of drug-likeness (QED) is 0.279. The van der Waals surface area contributed by atoms with Crippen molar-refractivity contribution in [3.63, 3.8) is 0 Å². The van der Waals surface area contributed by atoms with Gasteiger partial charge in [0.1, 0.15) is 0 Å². The van der Waals surface area contributed by atoms with Crippen molar-refractivity contribution in [2.24, 2.45) is 16.6 Å². The molecule has 168 valence electrons. The molecular formula is C20H33N5O4S. The summed E-state index contributed by atoms with van der Waals surface area (Å²) in [6, 6.07) is 6.76. The van der Waals surface area contributed by atoms with Crippen LogP contribution in [0.3, 0.4) is 0 Å². The average Bonchev–Trinajstić information content (AvgIpc) is 2.71. The molecule has 0 saturated carbocycles. The number of methoxy groups -OCH3 is 1. The van der Waals surface area contributed by atoms with Crippen molar-refractivity contribution < 1.29 is 17.9 Å². The van der Waals surface area contributed by atoms with E-state index in [-0.39, 0.29) is 23.3 Å². The second kappa shape index (κ2) is 11.9. The molecule has 1 heterocycles. The molecule has 1 aliphatic rings. The van der Waals surface area contributed by atoms with E-state index < -0.39 is 10.0 Å². The van der Waals surface area contributed by atoms with Crippen LogP contribution in [-0.2, 0) is 26.1 Å². The first-order valence-electron chi connectivity index (χ1n) is 10.2. The van der Waals surface area contributed by atoms with Crippen molar-refractivity contribution >= 4 is 21.9 Å². The number of amides is 1. The molecule has 1 unspecified atom stereocenters. The predicted octanol–water partition coefficient (Wildman–Crippen LogP) is 0.664. The van der Waals surface area contributed by atoms with Gasteiger partial charge in [-0.05, 0) is 43.4 Å². The third-order valence-corrected chi connectivity index (χ3v) is 6.32. The first-order chi connectivity index (χ1) is 14.4. The molecule has 0 bridgehead atoms. The molecule has 1 aromatic carbocycles. The third kappa shape index (κ3) is 7.58. The lowest BCUT2D eigenvalue weighted by molar-refractivity contribution is -0.119. The van der Waals surface area contributed by atoms with Gasteiger partial charge in [-0.25, -0.2) is 18.1 Å². The van der Waals surface area contributed by atoms with Gasteiger partial charge in [0.15, 0.2) is 5.96 Å². The zero-order chi connectivity index (χ0) is 22.0. The largest absolute Gasteiger partial charge is 0.383 e. The van der Waals surface area contributed by atoms with Crippen LogP contribution in [0, 0.1) is 5.92 Å². The second-order valence-electron chi connectivity index (χ2n) is 7.33. The molecule has 2 rings (SSSR count). The van der Waals surface area contributed by atoms with E-state index in [1.807, 2.05) is 13.0 Å². The number of guanidine groups is 1. The second-order valence-corrected chi connectivity index (χ2v) is 9.10. The number of piperidine rings is 1. The SMILES string of the molecule is CCNC(=NCc1cccc(S(=O)(=O)NCCOC)c1)N1CCCC(CC(N)=O)C1. The van der Waals surface area contributed by atoms with Crippen molar-refractivity contribution in [1.82, 2.24) is 14.9 Å². The van der Waals surface area contributed by atoms with Crippen molar-refractivity contribution in [2.45, 2.75) is 37.6 Å². The lowest BCUT2D eigenvalue weighted by Crippen LogP contribution is -2.47. The molecule has 0 radical (unpaired) electrons. The number of likely N-dealkylation sites (tertiary alicyclic amines) is 1. The summed E-state index contributed by atoms with van der Waals surface area (Å²) in [6.45, 7) is 5.17. The molecule has 1 atom stereocenters. The topological polar surface area (TPSA) is 126 Å². The Morgan fingerprint density at radius 2 is 2.20 bits per heavy atom. The molecule has 1 aromatic rings. The van der Waals surface area contributed by atoms with Gasteiger partial charge in [0.05, 0.1) is 18.0 Å². The number of carbonyl (C=O) groups is 1. The van der Waals surface area contributed by atoms with Gasteiger partial charge >= 0.3 is 0 Å². The standard InChI is InChI=1S/C20H33N5O4S/c1-3-22-20(25-10-5-7-17(15-25)13-19(21)26)23-14-16-6-4-8-18(12-16)30(27,28)24-9-11-29-2/h4,6,8,12,17,24H,3,5,7,9-11,13-15H2,1-2H3,(H2,21,26)(H,22,23). The number of nitrogens with two attached hydrogens (primary N) is 1. The number of hydrogen-bond acceptors (Lipinski definition) is 5. The zero-order valence-electron chi connectivity index (χ0n) is 17.8. The van der Waals surface area contributed by atoms with Crippen LogP contribution < -0.4 is 15.8 Å². The summed E-state index contributed by atoms with van der Waals surface area (Å²) in [5, 5.41) is 3.29. The summed E-state index contributed by atoms with van der Waals surface area (Å²) in [5.74, 6) is 0.714. The minimum atomic E-state index is -3.59. The van der Waals surface area contributed by atoms with Crippen LogP contribution in [-0.4, -0.2) is 65.1 Å². The Balaban J connectivity index is 2.10. The Labute approximate surface area is 179 Å². The fourth-order valence-electron chi connectivity index (χ4n) is 3.47. The molecular weight excluding hydrogens is 406 g/mol. The minimum Gasteiger partial charge on any atom is -0.383 e. The third-order valence-electron chi connectivity index (χ3n) is 4.86. The molecule has 10 heteroatoms.